The minimum Gasteiger partial charge on any atom is -0.480 e. The zero-order valence-electron chi connectivity index (χ0n) is 10.1. The van der Waals surface area contributed by atoms with Crippen LogP contribution in [0.25, 0.3) is 0 Å². The Bertz CT molecular complexity index is 430. The highest BCUT2D eigenvalue weighted by atomic mass is 32.2. The van der Waals surface area contributed by atoms with Crippen LogP contribution in [0.3, 0.4) is 0 Å². The number of carbonyl (C=O) groups excluding carboxylic acids is 2. The van der Waals surface area contributed by atoms with Crippen molar-refractivity contribution in [1.29, 1.82) is 0 Å². The summed E-state index contributed by atoms with van der Waals surface area (Å²) in [5.74, 6) is -3.72. The second-order valence-corrected chi connectivity index (χ2v) is 5.86. The maximum Gasteiger partial charge on any atom is 0.327 e. The van der Waals surface area contributed by atoms with E-state index in [4.69, 9.17) is 5.11 Å². The van der Waals surface area contributed by atoms with Gasteiger partial charge in [-0.15, -0.1) is 0 Å². The molecule has 0 heterocycles. The zero-order chi connectivity index (χ0) is 14.3. The fourth-order valence-corrected chi connectivity index (χ4v) is 2.53. The molecule has 8 nitrogen and oxygen atoms in total. The number of carboxylic acid groups (broad SMARTS) is 1. The molecular weight excluding hydrogens is 264 g/mol. The van der Waals surface area contributed by atoms with E-state index in [0.29, 0.717) is 0 Å². The lowest BCUT2D eigenvalue weighted by Crippen LogP contribution is -2.45. The Hall–Kier alpha value is -1.64. The first kappa shape index (κ1) is 16.4. The van der Waals surface area contributed by atoms with Crippen LogP contribution >= 0.6 is 0 Å². The third-order valence-corrected chi connectivity index (χ3v) is 3.68. The Balaban J connectivity index is 4.56. The van der Waals surface area contributed by atoms with Crippen molar-refractivity contribution in [1.82, 2.24) is 10.6 Å². The van der Waals surface area contributed by atoms with Crippen molar-refractivity contribution >= 4 is 27.6 Å². The van der Waals surface area contributed by atoms with Gasteiger partial charge in [-0.3, -0.25) is 9.59 Å². The van der Waals surface area contributed by atoms with Crippen LogP contribution in [0.4, 0.5) is 0 Å². The number of amides is 2. The molecule has 0 aromatic carbocycles. The van der Waals surface area contributed by atoms with Gasteiger partial charge in [-0.05, 0) is 0 Å². The molecule has 0 aromatic heterocycles. The molecule has 1 atom stereocenters. The number of aliphatic carboxylic acids is 1. The third-order valence-electron chi connectivity index (χ3n) is 2.02. The molecule has 0 radical (unpaired) electrons. The minimum absolute atomic E-state index is 0.245. The van der Waals surface area contributed by atoms with Gasteiger partial charge in [-0.25, -0.2) is 13.2 Å². The molecule has 0 saturated heterocycles. The summed E-state index contributed by atoms with van der Waals surface area (Å²) in [6.45, 7) is 1.09. The Morgan fingerprint density at radius 2 is 1.83 bits per heavy atom. The summed E-state index contributed by atoms with van der Waals surface area (Å²) in [6.07, 6.45) is -0.245. The largest absolute Gasteiger partial charge is 0.480 e. The van der Waals surface area contributed by atoms with Crippen molar-refractivity contribution in [3.63, 3.8) is 0 Å². The minimum atomic E-state index is -3.73. The molecule has 0 aromatic rings. The number of hydrogen-bond acceptors (Lipinski definition) is 5. The second-order valence-electron chi connectivity index (χ2n) is 3.63. The molecule has 18 heavy (non-hydrogen) atoms. The molecule has 0 fully saturated rings. The van der Waals surface area contributed by atoms with Gasteiger partial charge in [0.25, 0.3) is 0 Å². The van der Waals surface area contributed by atoms with Gasteiger partial charge in [0.2, 0.25) is 11.8 Å². The number of carbonyl (C=O) groups is 3. The fraction of sp³-hybridized carbons (Fsp3) is 0.667. The molecule has 0 aliphatic heterocycles. The van der Waals surface area contributed by atoms with Crippen LogP contribution in [0, 0.1) is 0 Å². The van der Waals surface area contributed by atoms with Gasteiger partial charge >= 0.3 is 5.97 Å². The van der Waals surface area contributed by atoms with Gasteiger partial charge in [0.1, 0.15) is 6.04 Å². The molecule has 2 amide bonds. The molecule has 0 saturated carbocycles. The van der Waals surface area contributed by atoms with Crippen LogP contribution < -0.4 is 10.6 Å². The number of nitrogens with one attached hydrogen (secondary N) is 2. The normalized spacial score (nSPS) is 12.6. The van der Waals surface area contributed by atoms with E-state index in [0.717, 1.165) is 6.92 Å². The number of rotatable bonds is 7. The Kier molecular flexibility index (Phi) is 6.31. The van der Waals surface area contributed by atoms with E-state index < -0.39 is 45.2 Å². The van der Waals surface area contributed by atoms with Crippen LogP contribution in [-0.2, 0) is 24.2 Å². The predicted octanol–water partition coefficient (Wildman–Crippen LogP) is -1.87. The first-order valence-electron chi connectivity index (χ1n) is 5.09. The Morgan fingerprint density at radius 3 is 2.22 bits per heavy atom. The summed E-state index contributed by atoms with van der Waals surface area (Å²) in [5, 5.41) is 13.0. The summed E-state index contributed by atoms with van der Waals surface area (Å²) in [5.41, 5.74) is 0. The molecule has 0 aliphatic rings. The van der Waals surface area contributed by atoms with E-state index in [9.17, 15) is 22.8 Å². The summed E-state index contributed by atoms with van der Waals surface area (Å²) >= 11 is 0. The maximum atomic E-state index is 11.6. The number of hydrogen-bond donors (Lipinski definition) is 3. The lowest BCUT2D eigenvalue weighted by Gasteiger charge is -2.13. The monoisotopic (exact) mass is 280 g/mol. The maximum absolute atomic E-state index is 11.6. The molecule has 3 N–H and O–H groups in total. The summed E-state index contributed by atoms with van der Waals surface area (Å²) in [4.78, 5) is 32.4. The third kappa shape index (κ3) is 6.84. The van der Waals surface area contributed by atoms with E-state index >= 15 is 0 Å². The lowest BCUT2D eigenvalue weighted by molar-refractivity contribution is -0.140. The topological polar surface area (TPSA) is 130 Å². The first-order valence-corrected chi connectivity index (χ1v) is 6.91. The van der Waals surface area contributed by atoms with Crippen LogP contribution in [-0.4, -0.2) is 55.9 Å². The molecule has 9 heteroatoms. The lowest BCUT2D eigenvalue weighted by atomic mass is 10.3. The molecule has 0 spiro atoms. The van der Waals surface area contributed by atoms with Crippen LogP contribution in [0.2, 0.25) is 0 Å². The first-order chi connectivity index (χ1) is 8.18. The predicted molar refractivity (Wildman–Crippen MR) is 62.6 cm³/mol. The average Bonchev–Trinajstić information content (AvgIpc) is 2.24. The van der Waals surface area contributed by atoms with Crippen molar-refractivity contribution < 1.29 is 27.9 Å². The number of carboxylic acids is 1. The SMILES string of the molecule is CNC(=O)CCS(=O)(=O)C[C@H](NC(C)=O)C(=O)O. The van der Waals surface area contributed by atoms with Gasteiger partial charge in [0, 0.05) is 20.4 Å². The van der Waals surface area contributed by atoms with Gasteiger partial charge in [0.15, 0.2) is 9.84 Å². The second kappa shape index (κ2) is 6.94. The van der Waals surface area contributed by atoms with Crippen molar-refractivity contribution in [3.8, 4) is 0 Å². The van der Waals surface area contributed by atoms with Gasteiger partial charge in [-0.1, -0.05) is 0 Å². The number of sulfone groups is 1. The summed E-state index contributed by atoms with van der Waals surface area (Å²) in [7, 11) is -2.37. The van der Waals surface area contributed by atoms with E-state index in [1.54, 1.807) is 0 Å². The van der Waals surface area contributed by atoms with E-state index in [1.807, 2.05) is 5.32 Å². The summed E-state index contributed by atoms with van der Waals surface area (Å²) < 4.78 is 23.1. The highest BCUT2D eigenvalue weighted by Crippen LogP contribution is 1.99. The van der Waals surface area contributed by atoms with E-state index in [-0.39, 0.29) is 6.42 Å². The Morgan fingerprint density at radius 1 is 1.28 bits per heavy atom. The molecule has 0 rings (SSSR count). The van der Waals surface area contributed by atoms with Gasteiger partial charge in [-0.2, -0.15) is 0 Å². The Labute approximate surface area is 105 Å². The summed E-state index contributed by atoms with van der Waals surface area (Å²) in [6, 6.07) is -1.50. The van der Waals surface area contributed by atoms with Crippen molar-refractivity contribution in [3.05, 3.63) is 0 Å². The smallest absolute Gasteiger partial charge is 0.327 e. The molecule has 0 aliphatic carbocycles. The standard InChI is InChI=1S/C9H16N2O6S/c1-6(12)11-7(9(14)15)5-18(16,17)4-3-8(13)10-2/h7H,3-5H2,1-2H3,(H,10,13)(H,11,12)(H,14,15)/t7-/m0/s1. The molecule has 104 valence electrons. The molecular formula is C9H16N2O6S. The van der Waals surface area contributed by atoms with Gasteiger partial charge in [0.05, 0.1) is 11.5 Å². The van der Waals surface area contributed by atoms with Crippen molar-refractivity contribution in [2.45, 2.75) is 19.4 Å². The quantitative estimate of drug-likeness (QED) is 0.501. The van der Waals surface area contributed by atoms with Crippen LogP contribution in [0.5, 0.6) is 0 Å². The highest BCUT2D eigenvalue weighted by Gasteiger charge is 2.26. The van der Waals surface area contributed by atoms with Crippen LogP contribution in [0.15, 0.2) is 0 Å². The molecule has 0 unspecified atom stereocenters. The molecule has 0 bridgehead atoms. The van der Waals surface area contributed by atoms with Crippen LogP contribution in [0.1, 0.15) is 13.3 Å². The highest BCUT2D eigenvalue weighted by molar-refractivity contribution is 7.91. The fourth-order valence-electron chi connectivity index (χ4n) is 1.13. The van der Waals surface area contributed by atoms with E-state index in [2.05, 4.69) is 5.32 Å². The average molecular weight is 280 g/mol. The van der Waals surface area contributed by atoms with Crippen molar-refractivity contribution in [2.24, 2.45) is 0 Å². The van der Waals surface area contributed by atoms with E-state index in [1.165, 1.54) is 7.05 Å². The zero-order valence-corrected chi connectivity index (χ0v) is 10.9. The van der Waals surface area contributed by atoms with Crippen molar-refractivity contribution in [2.75, 3.05) is 18.6 Å². The van der Waals surface area contributed by atoms with Gasteiger partial charge < -0.3 is 15.7 Å².